The van der Waals surface area contributed by atoms with Gasteiger partial charge in [0.1, 0.15) is 5.76 Å². The zero-order valence-corrected chi connectivity index (χ0v) is 9.56. The standard InChI is InChI=1S/C13H19NO2/c1-9-4-6-13(7-5-9,11(3)16)8-12(14)10(2)15/h4-7,9,12,15-16H,2-3,8,14H2,1H3/t9?,12-,13?/m0/s1. The van der Waals surface area contributed by atoms with Gasteiger partial charge in [-0.15, -0.1) is 0 Å². The molecule has 0 aromatic rings. The van der Waals surface area contributed by atoms with Crippen LogP contribution in [0.2, 0.25) is 0 Å². The maximum atomic E-state index is 9.68. The molecule has 0 heterocycles. The Kier molecular flexibility index (Phi) is 3.60. The van der Waals surface area contributed by atoms with E-state index in [1.165, 1.54) is 0 Å². The van der Waals surface area contributed by atoms with E-state index in [1.807, 2.05) is 31.2 Å². The molecule has 0 fully saturated rings. The van der Waals surface area contributed by atoms with Gasteiger partial charge in [-0.25, -0.2) is 0 Å². The lowest BCUT2D eigenvalue weighted by Gasteiger charge is -2.31. The Bertz CT molecular complexity index is 341. The van der Waals surface area contributed by atoms with E-state index in [0.29, 0.717) is 12.3 Å². The molecule has 1 aliphatic carbocycles. The summed E-state index contributed by atoms with van der Waals surface area (Å²) < 4.78 is 0. The van der Waals surface area contributed by atoms with Crippen molar-refractivity contribution in [3.05, 3.63) is 49.0 Å². The fourth-order valence-corrected chi connectivity index (χ4v) is 1.69. The Morgan fingerprint density at radius 3 is 2.25 bits per heavy atom. The van der Waals surface area contributed by atoms with Crippen molar-refractivity contribution in [1.29, 1.82) is 0 Å². The highest BCUT2D eigenvalue weighted by molar-refractivity contribution is 5.30. The molecule has 1 atom stereocenters. The van der Waals surface area contributed by atoms with Crippen LogP contribution in [0.15, 0.2) is 49.0 Å². The topological polar surface area (TPSA) is 66.5 Å². The third-order valence-electron chi connectivity index (χ3n) is 2.92. The zero-order chi connectivity index (χ0) is 12.3. The maximum absolute atomic E-state index is 9.68. The van der Waals surface area contributed by atoms with E-state index >= 15 is 0 Å². The molecular formula is C13H19NO2. The van der Waals surface area contributed by atoms with E-state index in [-0.39, 0.29) is 11.5 Å². The fourth-order valence-electron chi connectivity index (χ4n) is 1.69. The van der Waals surface area contributed by atoms with Gasteiger partial charge in [0.25, 0.3) is 0 Å². The molecule has 0 radical (unpaired) electrons. The first-order valence-corrected chi connectivity index (χ1v) is 5.28. The molecule has 0 aromatic carbocycles. The van der Waals surface area contributed by atoms with Crippen LogP contribution >= 0.6 is 0 Å². The lowest BCUT2D eigenvalue weighted by molar-refractivity contribution is 0.270. The van der Waals surface area contributed by atoms with Gasteiger partial charge >= 0.3 is 0 Å². The van der Waals surface area contributed by atoms with Gasteiger partial charge in [0.05, 0.1) is 17.2 Å². The largest absolute Gasteiger partial charge is 0.512 e. The molecule has 4 N–H and O–H groups in total. The van der Waals surface area contributed by atoms with Gasteiger partial charge in [-0.1, -0.05) is 44.4 Å². The van der Waals surface area contributed by atoms with E-state index in [0.717, 1.165) is 0 Å². The van der Waals surface area contributed by atoms with Crippen molar-refractivity contribution in [2.24, 2.45) is 17.1 Å². The van der Waals surface area contributed by atoms with Crippen LogP contribution in [0.3, 0.4) is 0 Å². The zero-order valence-electron chi connectivity index (χ0n) is 9.56. The SMILES string of the molecule is C=C(O)[C@@H](N)CC1(C(=C)O)C=CC(C)C=C1. The Morgan fingerprint density at radius 1 is 1.38 bits per heavy atom. The average molecular weight is 221 g/mol. The molecule has 0 aromatic heterocycles. The predicted molar refractivity (Wildman–Crippen MR) is 66.0 cm³/mol. The molecule has 0 saturated heterocycles. The molecule has 0 bridgehead atoms. The first kappa shape index (κ1) is 12.6. The van der Waals surface area contributed by atoms with Crippen LogP contribution in [-0.4, -0.2) is 16.3 Å². The van der Waals surface area contributed by atoms with Crippen LogP contribution in [0.1, 0.15) is 13.3 Å². The van der Waals surface area contributed by atoms with E-state index in [9.17, 15) is 10.2 Å². The number of hydrogen-bond donors (Lipinski definition) is 3. The molecule has 0 saturated carbocycles. The first-order valence-electron chi connectivity index (χ1n) is 5.28. The van der Waals surface area contributed by atoms with E-state index in [1.54, 1.807) is 0 Å². The molecule has 3 nitrogen and oxygen atoms in total. The second-order valence-electron chi connectivity index (χ2n) is 4.37. The minimum atomic E-state index is -0.683. The highest BCUT2D eigenvalue weighted by atomic mass is 16.3. The van der Waals surface area contributed by atoms with Crippen molar-refractivity contribution in [3.63, 3.8) is 0 Å². The number of aliphatic hydroxyl groups excluding tert-OH is 2. The first-order chi connectivity index (χ1) is 7.37. The monoisotopic (exact) mass is 221 g/mol. The second kappa shape index (κ2) is 4.58. The molecule has 16 heavy (non-hydrogen) atoms. The van der Waals surface area contributed by atoms with Gasteiger partial charge in [-0.3, -0.25) is 0 Å². The molecule has 0 unspecified atom stereocenters. The summed E-state index contributed by atoms with van der Waals surface area (Å²) in [6.07, 6.45) is 8.07. The van der Waals surface area contributed by atoms with Gasteiger partial charge in [-0.2, -0.15) is 0 Å². The Hall–Kier alpha value is -1.48. The Balaban J connectivity index is 2.92. The third kappa shape index (κ3) is 2.55. The number of nitrogens with two attached hydrogens (primary N) is 1. The van der Waals surface area contributed by atoms with Gasteiger partial charge in [0.2, 0.25) is 0 Å². The molecule has 0 aliphatic heterocycles. The minimum absolute atomic E-state index is 0.0311. The third-order valence-corrected chi connectivity index (χ3v) is 2.92. The van der Waals surface area contributed by atoms with E-state index in [2.05, 4.69) is 13.2 Å². The Labute approximate surface area is 96.3 Å². The summed E-state index contributed by atoms with van der Waals surface area (Å²) >= 11 is 0. The lowest BCUT2D eigenvalue weighted by Crippen LogP contribution is -2.32. The predicted octanol–water partition coefficient (Wildman–Crippen LogP) is 2.60. The summed E-state index contributed by atoms with van der Waals surface area (Å²) in [6, 6.07) is -0.577. The number of rotatable bonds is 4. The quantitative estimate of drug-likeness (QED) is 0.505. The number of allylic oxidation sites excluding steroid dienone is 3. The Morgan fingerprint density at radius 2 is 1.88 bits per heavy atom. The summed E-state index contributed by atoms with van der Waals surface area (Å²) in [5.74, 6) is 0.283. The van der Waals surface area contributed by atoms with Crippen molar-refractivity contribution in [3.8, 4) is 0 Å². The fraction of sp³-hybridized carbons (Fsp3) is 0.385. The van der Waals surface area contributed by atoms with Crippen molar-refractivity contribution in [2.75, 3.05) is 0 Å². The minimum Gasteiger partial charge on any atom is -0.512 e. The lowest BCUT2D eigenvalue weighted by atomic mass is 9.75. The highest BCUT2D eigenvalue weighted by Gasteiger charge is 2.32. The molecule has 0 spiro atoms. The van der Waals surface area contributed by atoms with E-state index < -0.39 is 11.5 Å². The summed E-state index contributed by atoms with van der Waals surface area (Å²) in [4.78, 5) is 0. The molecule has 88 valence electrons. The number of aliphatic hydroxyl groups is 2. The van der Waals surface area contributed by atoms with Crippen LogP contribution < -0.4 is 5.73 Å². The van der Waals surface area contributed by atoms with Gasteiger partial charge in [0.15, 0.2) is 0 Å². The smallest absolute Gasteiger partial charge is 0.102 e. The normalized spacial score (nSPS) is 30.0. The van der Waals surface area contributed by atoms with Crippen molar-refractivity contribution in [2.45, 2.75) is 19.4 Å². The molecule has 3 heteroatoms. The molecule has 1 rings (SSSR count). The summed E-state index contributed by atoms with van der Waals surface area (Å²) in [5, 5.41) is 18.9. The average Bonchev–Trinajstić information content (AvgIpc) is 2.21. The van der Waals surface area contributed by atoms with Crippen LogP contribution in [0.4, 0.5) is 0 Å². The summed E-state index contributed by atoms with van der Waals surface area (Å²) in [5.41, 5.74) is 5.05. The summed E-state index contributed by atoms with van der Waals surface area (Å²) in [6.45, 7) is 9.02. The molecular weight excluding hydrogens is 202 g/mol. The van der Waals surface area contributed by atoms with Crippen molar-refractivity contribution >= 4 is 0 Å². The molecule has 0 amide bonds. The molecule has 1 aliphatic rings. The van der Waals surface area contributed by atoms with E-state index in [4.69, 9.17) is 5.73 Å². The van der Waals surface area contributed by atoms with Gasteiger partial charge in [-0.05, 0) is 12.3 Å². The summed E-state index contributed by atoms with van der Waals surface area (Å²) in [7, 11) is 0. The van der Waals surface area contributed by atoms with Crippen molar-refractivity contribution < 1.29 is 10.2 Å². The van der Waals surface area contributed by atoms with Gasteiger partial charge in [0, 0.05) is 0 Å². The van der Waals surface area contributed by atoms with Crippen LogP contribution in [-0.2, 0) is 0 Å². The second-order valence-corrected chi connectivity index (χ2v) is 4.37. The number of hydrogen-bond acceptors (Lipinski definition) is 3. The maximum Gasteiger partial charge on any atom is 0.102 e. The van der Waals surface area contributed by atoms with Gasteiger partial charge < -0.3 is 15.9 Å². The van der Waals surface area contributed by atoms with Crippen LogP contribution in [0, 0.1) is 11.3 Å². The van der Waals surface area contributed by atoms with Crippen molar-refractivity contribution in [1.82, 2.24) is 0 Å². The van der Waals surface area contributed by atoms with Crippen LogP contribution in [0.25, 0.3) is 0 Å². The van der Waals surface area contributed by atoms with Crippen LogP contribution in [0.5, 0.6) is 0 Å². The highest BCUT2D eigenvalue weighted by Crippen LogP contribution is 2.37.